The fourth-order valence-corrected chi connectivity index (χ4v) is 1.80. The highest BCUT2D eigenvalue weighted by molar-refractivity contribution is 4.96. The minimum absolute atomic E-state index is 0.452. The van der Waals surface area contributed by atoms with Gasteiger partial charge in [0.15, 0.2) is 0 Å². The van der Waals surface area contributed by atoms with Crippen LogP contribution in [0.5, 0.6) is 0 Å². The largest absolute Gasteiger partial charge is 0.271 e. The van der Waals surface area contributed by atoms with E-state index in [1.165, 1.54) is 12.8 Å². The molecule has 0 aromatic carbocycles. The quantitative estimate of drug-likeness (QED) is 0.384. The Morgan fingerprint density at radius 2 is 2.23 bits per heavy atom. The summed E-state index contributed by atoms with van der Waals surface area (Å²) in [6.07, 6.45) is 4.81. The Morgan fingerprint density at radius 1 is 1.54 bits per heavy atom. The zero-order valence-corrected chi connectivity index (χ0v) is 8.64. The maximum Gasteiger partial charge on any atom is 0.0247 e. The Morgan fingerprint density at radius 3 is 2.69 bits per heavy atom. The molecule has 0 aromatic rings. The fraction of sp³-hybridized carbons (Fsp3) is 0.818. The molecule has 1 fully saturated rings. The zero-order chi connectivity index (χ0) is 9.68. The highest BCUT2D eigenvalue weighted by Crippen LogP contribution is 2.38. The van der Waals surface area contributed by atoms with Crippen molar-refractivity contribution in [2.45, 2.75) is 45.6 Å². The normalized spacial score (nSPS) is 20.2. The van der Waals surface area contributed by atoms with Crippen molar-refractivity contribution in [3.05, 3.63) is 0 Å². The van der Waals surface area contributed by atoms with E-state index in [9.17, 15) is 0 Å². The van der Waals surface area contributed by atoms with Crippen LogP contribution in [-0.4, -0.2) is 6.04 Å². The standard InChI is InChI=1S/C11H20N2/c1-3-4-5-6-11(13-12)9(2)10-7-8-10/h9-11,13H,5-8,12H2,1-2H3. The topological polar surface area (TPSA) is 38.0 Å². The Balaban J connectivity index is 2.26. The summed E-state index contributed by atoms with van der Waals surface area (Å²) in [5.74, 6) is 13.1. The first kappa shape index (κ1) is 10.6. The van der Waals surface area contributed by atoms with E-state index in [1.54, 1.807) is 0 Å². The fourth-order valence-electron chi connectivity index (χ4n) is 1.80. The van der Waals surface area contributed by atoms with Crippen molar-refractivity contribution in [2.75, 3.05) is 0 Å². The van der Waals surface area contributed by atoms with Gasteiger partial charge in [-0.25, -0.2) is 0 Å². The number of hydrogen-bond acceptors (Lipinski definition) is 2. The Bertz CT molecular complexity index is 198. The summed E-state index contributed by atoms with van der Waals surface area (Å²) in [6, 6.07) is 0.452. The molecule has 2 atom stereocenters. The lowest BCUT2D eigenvalue weighted by atomic mass is 9.93. The lowest BCUT2D eigenvalue weighted by Crippen LogP contribution is -2.40. The minimum Gasteiger partial charge on any atom is -0.271 e. The first-order valence-corrected chi connectivity index (χ1v) is 5.15. The lowest BCUT2D eigenvalue weighted by Gasteiger charge is -2.21. The van der Waals surface area contributed by atoms with Crippen LogP contribution >= 0.6 is 0 Å². The van der Waals surface area contributed by atoms with Gasteiger partial charge in [0, 0.05) is 12.5 Å². The van der Waals surface area contributed by atoms with Crippen LogP contribution in [-0.2, 0) is 0 Å². The van der Waals surface area contributed by atoms with Crippen molar-refractivity contribution in [3.8, 4) is 11.8 Å². The molecule has 0 amide bonds. The number of hydrazine groups is 1. The molecule has 0 saturated heterocycles. The molecule has 0 heterocycles. The van der Waals surface area contributed by atoms with Gasteiger partial charge in [0.1, 0.15) is 0 Å². The molecule has 1 aliphatic carbocycles. The lowest BCUT2D eigenvalue weighted by molar-refractivity contribution is 0.331. The highest BCUT2D eigenvalue weighted by atomic mass is 15.2. The first-order chi connectivity index (χ1) is 6.29. The summed E-state index contributed by atoms with van der Waals surface area (Å²) >= 11 is 0. The van der Waals surface area contributed by atoms with Gasteiger partial charge in [-0.05, 0) is 38.0 Å². The average Bonchev–Trinajstić information content (AvgIpc) is 2.94. The molecule has 0 aromatic heterocycles. The average molecular weight is 180 g/mol. The second-order valence-corrected chi connectivity index (χ2v) is 3.94. The first-order valence-electron chi connectivity index (χ1n) is 5.15. The molecule has 2 nitrogen and oxygen atoms in total. The van der Waals surface area contributed by atoms with Crippen LogP contribution in [0.2, 0.25) is 0 Å². The van der Waals surface area contributed by atoms with Gasteiger partial charge < -0.3 is 0 Å². The molecule has 0 aliphatic heterocycles. The van der Waals surface area contributed by atoms with Crippen molar-refractivity contribution in [1.82, 2.24) is 5.43 Å². The summed E-state index contributed by atoms with van der Waals surface area (Å²) in [7, 11) is 0. The number of rotatable bonds is 5. The van der Waals surface area contributed by atoms with E-state index >= 15 is 0 Å². The van der Waals surface area contributed by atoms with Crippen LogP contribution in [0.25, 0.3) is 0 Å². The maximum atomic E-state index is 5.52. The molecule has 1 saturated carbocycles. The third-order valence-corrected chi connectivity index (χ3v) is 2.97. The van der Waals surface area contributed by atoms with E-state index in [0.29, 0.717) is 12.0 Å². The van der Waals surface area contributed by atoms with Crippen molar-refractivity contribution >= 4 is 0 Å². The SMILES string of the molecule is CC#CCCC(NN)C(C)C1CC1. The Hall–Kier alpha value is -0.520. The molecule has 0 bridgehead atoms. The van der Waals surface area contributed by atoms with E-state index in [-0.39, 0.29) is 0 Å². The summed E-state index contributed by atoms with van der Waals surface area (Å²) in [4.78, 5) is 0. The molecular formula is C11H20N2. The van der Waals surface area contributed by atoms with Crippen molar-refractivity contribution in [3.63, 3.8) is 0 Å². The Kier molecular flexibility index (Phi) is 4.27. The maximum absolute atomic E-state index is 5.52. The summed E-state index contributed by atoms with van der Waals surface area (Å²) < 4.78 is 0. The molecule has 13 heavy (non-hydrogen) atoms. The van der Waals surface area contributed by atoms with Crippen LogP contribution < -0.4 is 11.3 Å². The van der Waals surface area contributed by atoms with Gasteiger partial charge in [-0.15, -0.1) is 11.8 Å². The molecule has 1 aliphatic rings. The van der Waals surface area contributed by atoms with Gasteiger partial charge in [0.05, 0.1) is 0 Å². The van der Waals surface area contributed by atoms with Gasteiger partial charge in [0.25, 0.3) is 0 Å². The molecule has 2 unspecified atom stereocenters. The third kappa shape index (κ3) is 3.38. The van der Waals surface area contributed by atoms with Crippen LogP contribution in [0.4, 0.5) is 0 Å². The van der Waals surface area contributed by atoms with Crippen LogP contribution in [0, 0.1) is 23.7 Å². The van der Waals surface area contributed by atoms with Crippen molar-refractivity contribution < 1.29 is 0 Å². The number of hydrogen-bond donors (Lipinski definition) is 2. The smallest absolute Gasteiger partial charge is 0.0247 e. The van der Waals surface area contributed by atoms with E-state index in [2.05, 4.69) is 24.2 Å². The molecule has 2 heteroatoms. The zero-order valence-electron chi connectivity index (χ0n) is 8.64. The van der Waals surface area contributed by atoms with E-state index in [0.717, 1.165) is 18.8 Å². The van der Waals surface area contributed by atoms with Crippen molar-refractivity contribution in [1.29, 1.82) is 0 Å². The summed E-state index contributed by atoms with van der Waals surface area (Å²) in [5, 5.41) is 0. The second kappa shape index (κ2) is 5.26. The monoisotopic (exact) mass is 180 g/mol. The second-order valence-electron chi connectivity index (χ2n) is 3.94. The van der Waals surface area contributed by atoms with Gasteiger partial charge in [-0.1, -0.05) is 6.92 Å². The van der Waals surface area contributed by atoms with Gasteiger partial charge in [-0.3, -0.25) is 11.3 Å². The van der Waals surface area contributed by atoms with Crippen LogP contribution in [0.15, 0.2) is 0 Å². The van der Waals surface area contributed by atoms with Crippen LogP contribution in [0.1, 0.15) is 39.5 Å². The molecular weight excluding hydrogens is 160 g/mol. The highest BCUT2D eigenvalue weighted by Gasteiger charge is 2.32. The predicted octanol–water partition coefficient (Wildman–Crippen LogP) is 1.67. The summed E-state index contributed by atoms with van der Waals surface area (Å²) in [6.45, 7) is 4.18. The van der Waals surface area contributed by atoms with Gasteiger partial charge in [-0.2, -0.15) is 0 Å². The number of nitrogens with one attached hydrogen (secondary N) is 1. The van der Waals surface area contributed by atoms with Crippen molar-refractivity contribution in [2.24, 2.45) is 17.7 Å². The molecule has 1 rings (SSSR count). The van der Waals surface area contributed by atoms with E-state index in [1.807, 2.05) is 6.92 Å². The molecule has 74 valence electrons. The van der Waals surface area contributed by atoms with E-state index in [4.69, 9.17) is 5.84 Å². The molecule has 0 radical (unpaired) electrons. The predicted molar refractivity (Wildman–Crippen MR) is 55.7 cm³/mol. The Labute approximate surface area is 81.2 Å². The molecule has 0 spiro atoms. The van der Waals surface area contributed by atoms with Gasteiger partial charge in [0.2, 0.25) is 0 Å². The third-order valence-electron chi connectivity index (χ3n) is 2.97. The minimum atomic E-state index is 0.452. The molecule has 3 N–H and O–H groups in total. The van der Waals surface area contributed by atoms with Gasteiger partial charge >= 0.3 is 0 Å². The number of nitrogens with two attached hydrogens (primary N) is 1. The summed E-state index contributed by atoms with van der Waals surface area (Å²) in [5.41, 5.74) is 2.91. The van der Waals surface area contributed by atoms with Crippen LogP contribution in [0.3, 0.4) is 0 Å². The van der Waals surface area contributed by atoms with E-state index < -0.39 is 0 Å².